The third-order valence-corrected chi connectivity index (χ3v) is 0.657. The number of methoxy groups -OCH3 is 1. The third-order valence-electron chi connectivity index (χ3n) is 0.657. The van der Waals surface area contributed by atoms with Gasteiger partial charge in [0.25, 0.3) is 0 Å². The van der Waals surface area contributed by atoms with Crippen molar-refractivity contribution in [3.63, 3.8) is 0 Å². The average molecular weight is 234 g/mol. The average Bonchev–Trinajstić information content (AvgIpc) is 2.01. The van der Waals surface area contributed by atoms with Gasteiger partial charge in [-0.25, -0.2) is 4.79 Å². The Morgan fingerprint density at radius 3 is 1.53 bits per heavy atom. The quantitative estimate of drug-likeness (QED) is 0.208. The van der Waals surface area contributed by atoms with Crippen LogP contribution in [0.3, 0.4) is 0 Å². The number of ether oxygens (including phenoxy) is 1. The fourth-order valence-electron chi connectivity index (χ4n) is 0.201. The first-order valence-corrected chi connectivity index (χ1v) is 3.04. The number of aliphatic carboxylic acids is 2. The fourth-order valence-corrected chi connectivity index (χ4v) is 0.201. The van der Waals surface area contributed by atoms with Crippen molar-refractivity contribution >= 4 is 17.9 Å². The van der Waals surface area contributed by atoms with Gasteiger partial charge in [-0.2, -0.15) is 0 Å². The number of carbonyl (C=O) groups is 3. The Balaban J connectivity index is -0.0000000718. The van der Waals surface area contributed by atoms with Crippen molar-refractivity contribution < 1.29 is 88.4 Å². The Bertz CT molecular complexity index is 204. The number of carbonyl (C=O) groups excluding carboxylic acids is 3. The summed E-state index contributed by atoms with van der Waals surface area (Å²) in [6, 6.07) is 0. The summed E-state index contributed by atoms with van der Waals surface area (Å²) >= 11 is 0. The van der Waals surface area contributed by atoms with E-state index in [1.54, 1.807) is 0 Å². The second-order valence-electron chi connectivity index (χ2n) is 1.65. The maximum absolute atomic E-state index is 9.84. The molecule has 0 spiro atoms. The van der Waals surface area contributed by atoms with E-state index in [2.05, 4.69) is 11.3 Å². The van der Waals surface area contributed by atoms with Crippen LogP contribution in [0.1, 0.15) is 6.42 Å². The zero-order chi connectivity index (χ0) is 10.9. The summed E-state index contributed by atoms with van der Waals surface area (Å²) in [6.07, 6.45) is 0.0833. The van der Waals surface area contributed by atoms with Gasteiger partial charge in [-0.1, -0.05) is 6.58 Å². The molecule has 0 saturated carbocycles. The SMILES string of the molecule is C=CC(=O)OC.O=C([O-])CC(=O)[O-].[Na+].[Na+]. The zero-order valence-electron chi connectivity index (χ0n) is 8.94. The Hall–Kier alpha value is 0.150. The summed E-state index contributed by atoms with van der Waals surface area (Å²) in [7, 11) is 1.31. The van der Waals surface area contributed by atoms with E-state index >= 15 is 0 Å². The molecule has 0 N–H and O–H groups in total. The molecule has 0 fully saturated rings. The molecule has 0 radical (unpaired) electrons. The molecular weight excluding hydrogens is 226 g/mol. The summed E-state index contributed by atoms with van der Waals surface area (Å²) < 4.78 is 4.14. The zero-order valence-corrected chi connectivity index (χ0v) is 12.9. The van der Waals surface area contributed by atoms with Gasteiger partial charge in [0.1, 0.15) is 0 Å². The molecule has 0 bridgehead atoms. The molecule has 0 rings (SSSR count). The molecule has 0 aliphatic rings. The predicted molar refractivity (Wildman–Crippen MR) is 36.8 cm³/mol. The normalized spacial score (nSPS) is 6.47. The van der Waals surface area contributed by atoms with Gasteiger partial charge in [-0.15, -0.1) is 0 Å². The number of carboxylic acid groups (broad SMARTS) is 2. The van der Waals surface area contributed by atoms with E-state index in [4.69, 9.17) is 0 Å². The molecule has 0 saturated heterocycles. The molecule has 8 heteroatoms. The summed E-state index contributed by atoms with van der Waals surface area (Å²) in [6.45, 7) is 3.16. The van der Waals surface area contributed by atoms with Crippen LogP contribution in [0, 0.1) is 0 Å². The van der Waals surface area contributed by atoms with Crippen molar-refractivity contribution in [1.82, 2.24) is 0 Å². The third kappa shape index (κ3) is 31.4. The molecule has 0 unspecified atom stereocenters. The number of hydrogen-bond acceptors (Lipinski definition) is 6. The van der Waals surface area contributed by atoms with E-state index < -0.39 is 24.3 Å². The maximum atomic E-state index is 9.84. The van der Waals surface area contributed by atoms with Gasteiger partial charge in [0, 0.05) is 24.4 Å². The number of rotatable bonds is 3. The number of hydrogen-bond donors (Lipinski definition) is 0. The number of carboxylic acids is 2. The van der Waals surface area contributed by atoms with Crippen molar-refractivity contribution in [2.24, 2.45) is 0 Å². The van der Waals surface area contributed by atoms with Crippen molar-refractivity contribution in [2.75, 3.05) is 7.11 Å². The van der Waals surface area contributed by atoms with E-state index in [1.165, 1.54) is 7.11 Å². The Labute approximate surface area is 131 Å². The molecule has 0 aliphatic heterocycles. The molecule has 0 aromatic heterocycles. The molecule has 0 aromatic carbocycles. The minimum atomic E-state index is -1.63. The van der Waals surface area contributed by atoms with Crippen molar-refractivity contribution in [3.8, 4) is 0 Å². The Morgan fingerprint density at radius 1 is 1.20 bits per heavy atom. The Morgan fingerprint density at radius 2 is 1.53 bits per heavy atom. The smallest absolute Gasteiger partial charge is 0.550 e. The van der Waals surface area contributed by atoms with Crippen LogP contribution in [0.4, 0.5) is 0 Å². The van der Waals surface area contributed by atoms with E-state index in [9.17, 15) is 24.6 Å². The van der Waals surface area contributed by atoms with Gasteiger partial charge in [0.05, 0.1) is 7.11 Å². The summed E-state index contributed by atoms with van der Waals surface area (Å²) in [5.74, 6) is -3.64. The van der Waals surface area contributed by atoms with Crippen LogP contribution in [0.5, 0.6) is 0 Å². The molecule has 0 aliphatic carbocycles. The van der Waals surface area contributed by atoms with Gasteiger partial charge < -0.3 is 24.5 Å². The summed E-state index contributed by atoms with van der Waals surface area (Å²) in [5, 5.41) is 18.6. The van der Waals surface area contributed by atoms with E-state index in [-0.39, 0.29) is 59.1 Å². The van der Waals surface area contributed by atoms with Gasteiger partial charge in [-0.3, -0.25) is 0 Å². The van der Waals surface area contributed by atoms with Crippen LogP contribution in [0.25, 0.3) is 0 Å². The molecule has 74 valence electrons. The largest absolute Gasteiger partial charge is 1.00 e. The van der Waals surface area contributed by atoms with Gasteiger partial charge in [-0.05, 0) is 0 Å². The minimum Gasteiger partial charge on any atom is -0.550 e. The van der Waals surface area contributed by atoms with Crippen LogP contribution in [-0.4, -0.2) is 25.0 Å². The van der Waals surface area contributed by atoms with Crippen molar-refractivity contribution in [1.29, 1.82) is 0 Å². The standard InChI is InChI=1S/C4H6O2.C3H4O4.2Na/c1-3-4(5)6-2;4-2(5)1-3(6)7;;/h3H,1H2,2H3;1H2,(H,4,5)(H,6,7);;/q;;2*+1/p-2. The van der Waals surface area contributed by atoms with E-state index in [0.29, 0.717) is 0 Å². The summed E-state index contributed by atoms with van der Waals surface area (Å²) in [4.78, 5) is 28.4. The van der Waals surface area contributed by atoms with Crippen LogP contribution in [0.2, 0.25) is 0 Å². The van der Waals surface area contributed by atoms with Crippen molar-refractivity contribution in [3.05, 3.63) is 12.7 Å². The molecule has 0 heterocycles. The van der Waals surface area contributed by atoms with E-state index in [0.717, 1.165) is 6.08 Å². The van der Waals surface area contributed by atoms with Gasteiger partial charge >= 0.3 is 65.1 Å². The first kappa shape index (κ1) is 24.4. The van der Waals surface area contributed by atoms with Gasteiger partial charge in [0.15, 0.2) is 0 Å². The first-order valence-electron chi connectivity index (χ1n) is 3.04. The maximum Gasteiger partial charge on any atom is 1.00 e. The first-order chi connectivity index (χ1) is 5.93. The molecule has 6 nitrogen and oxygen atoms in total. The molecular formula is C7H8Na2O6. The molecule has 0 aromatic rings. The van der Waals surface area contributed by atoms with Crippen molar-refractivity contribution in [2.45, 2.75) is 6.42 Å². The summed E-state index contributed by atoms with van der Waals surface area (Å²) in [5.41, 5.74) is 0. The fraction of sp³-hybridized carbons (Fsp3) is 0.286. The van der Waals surface area contributed by atoms with Crippen LogP contribution in [-0.2, 0) is 19.1 Å². The number of esters is 1. The molecule has 0 atom stereocenters. The second kappa shape index (κ2) is 16.6. The van der Waals surface area contributed by atoms with Crippen LogP contribution in [0.15, 0.2) is 12.7 Å². The second-order valence-corrected chi connectivity index (χ2v) is 1.65. The van der Waals surface area contributed by atoms with E-state index in [1.807, 2.05) is 0 Å². The monoisotopic (exact) mass is 234 g/mol. The van der Waals surface area contributed by atoms with Crippen LogP contribution >= 0.6 is 0 Å². The Kier molecular flexibility index (Phi) is 27.0. The topological polar surface area (TPSA) is 107 Å². The molecule has 15 heavy (non-hydrogen) atoms. The minimum absolute atomic E-state index is 0. The molecule has 0 amide bonds. The van der Waals surface area contributed by atoms with Crippen LogP contribution < -0.4 is 69.3 Å². The van der Waals surface area contributed by atoms with Gasteiger partial charge in [0.2, 0.25) is 0 Å². The predicted octanol–water partition coefficient (Wildman–Crippen LogP) is -8.77.